The van der Waals surface area contributed by atoms with Gasteiger partial charge in [-0.15, -0.1) is 0 Å². The first-order valence-electron chi connectivity index (χ1n) is 10.9. The first kappa shape index (κ1) is 20.8. The Morgan fingerprint density at radius 1 is 1.18 bits per heavy atom. The standard InChI is InChI=1S/C21H37N7/c1-18(2)16-19-6-11-28(17-19)20(22-3)23-9-5-10-26-12-14-27(15-13-26)21-24-7-4-8-25-21/h4,7-8,18-19H,5-6,9-17H2,1-3H3,(H,22,23). The molecule has 0 bridgehead atoms. The normalized spacial score (nSPS) is 21.6. The van der Waals surface area contributed by atoms with Crippen LogP contribution in [-0.4, -0.2) is 85.1 Å². The lowest BCUT2D eigenvalue weighted by molar-refractivity contribution is 0.254. The highest BCUT2D eigenvalue weighted by Crippen LogP contribution is 2.23. The van der Waals surface area contributed by atoms with E-state index in [1.165, 1.54) is 12.8 Å². The average molecular weight is 388 g/mol. The minimum absolute atomic E-state index is 0.786. The summed E-state index contributed by atoms with van der Waals surface area (Å²) < 4.78 is 0. The molecule has 1 N–H and O–H groups in total. The van der Waals surface area contributed by atoms with E-state index in [2.05, 4.69) is 48.8 Å². The van der Waals surface area contributed by atoms with E-state index in [-0.39, 0.29) is 0 Å². The summed E-state index contributed by atoms with van der Waals surface area (Å²) in [5.41, 5.74) is 0. The van der Waals surface area contributed by atoms with Crippen molar-refractivity contribution in [1.29, 1.82) is 0 Å². The summed E-state index contributed by atoms with van der Waals surface area (Å²) in [4.78, 5) is 20.5. The third kappa shape index (κ3) is 6.06. The molecule has 3 rings (SSSR count). The molecule has 28 heavy (non-hydrogen) atoms. The number of aliphatic imine (C=N–C) groups is 1. The zero-order valence-electron chi connectivity index (χ0n) is 17.8. The first-order chi connectivity index (χ1) is 13.7. The second-order valence-corrected chi connectivity index (χ2v) is 8.44. The number of nitrogens with zero attached hydrogens (tertiary/aromatic N) is 6. The molecule has 0 aromatic carbocycles. The van der Waals surface area contributed by atoms with E-state index in [4.69, 9.17) is 0 Å². The molecular formula is C21H37N7. The minimum Gasteiger partial charge on any atom is -0.356 e. The molecule has 0 radical (unpaired) electrons. The van der Waals surface area contributed by atoms with Crippen molar-refractivity contribution >= 4 is 11.9 Å². The highest BCUT2D eigenvalue weighted by atomic mass is 15.3. The van der Waals surface area contributed by atoms with Crippen molar-refractivity contribution in [3.63, 3.8) is 0 Å². The number of nitrogens with one attached hydrogen (secondary N) is 1. The molecule has 156 valence electrons. The summed E-state index contributed by atoms with van der Waals surface area (Å²) in [5, 5.41) is 3.58. The van der Waals surface area contributed by atoms with Gasteiger partial charge in [-0.25, -0.2) is 9.97 Å². The van der Waals surface area contributed by atoms with Gasteiger partial charge in [-0.05, 0) is 43.7 Å². The van der Waals surface area contributed by atoms with Crippen LogP contribution in [0.25, 0.3) is 0 Å². The summed E-state index contributed by atoms with van der Waals surface area (Å²) in [7, 11) is 1.91. The van der Waals surface area contributed by atoms with Crippen LogP contribution in [-0.2, 0) is 0 Å². The highest BCUT2D eigenvalue weighted by Gasteiger charge is 2.25. The van der Waals surface area contributed by atoms with Gasteiger partial charge in [0.2, 0.25) is 5.95 Å². The Morgan fingerprint density at radius 3 is 2.61 bits per heavy atom. The Bertz CT molecular complexity index is 596. The van der Waals surface area contributed by atoms with Gasteiger partial charge in [-0.2, -0.15) is 0 Å². The molecule has 0 spiro atoms. The maximum Gasteiger partial charge on any atom is 0.225 e. The Morgan fingerprint density at radius 2 is 1.93 bits per heavy atom. The third-order valence-electron chi connectivity index (χ3n) is 5.74. The molecule has 0 saturated carbocycles. The van der Waals surface area contributed by atoms with Gasteiger partial charge in [0.25, 0.3) is 0 Å². The Labute approximate surface area is 170 Å². The van der Waals surface area contributed by atoms with Crippen LogP contribution in [0.1, 0.15) is 33.1 Å². The molecule has 1 aromatic heterocycles. The van der Waals surface area contributed by atoms with Crippen molar-refractivity contribution < 1.29 is 0 Å². The summed E-state index contributed by atoms with van der Waals surface area (Å²) in [5.74, 6) is 3.54. The molecule has 1 aromatic rings. The van der Waals surface area contributed by atoms with Gasteiger partial charge in [0.1, 0.15) is 0 Å². The summed E-state index contributed by atoms with van der Waals surface area (Å²) in [6.07, 6.45) is 7.41. The number of guanidine groups is 1. The van der Waals surface area contributed by atoms with Crippen molar-refractivity contribution in [3.05, 3.63) is 18.5 Å². The van der Waals surface area contributed by atoms with Crippen LogP contribution in [0.2, 0.25) is 0 Å². The second kappa shape index (κ2) is 10.6. The largest absolute Gasteiger partial charge is 0.356 e. The lowest BCUT2D eigenvalue weighted by atomic mass is 9.97. The van der Waals surface area contributed by atoms with Gasteiger partial charge < -0.3 is 15.1 Å². The number of hydrogen-bond donors (Lipinski definition) is 1. The molecule has 7 heteroatoms. The molecule has 0 amide bonds. The van der Waals surface area contributed by atoms with E-state index in [0.29, 0.717) is 0 Å². The number of rotatable bonds is 7. The Kier molecular flexibility index (Phi) is 7.89. The minimum atomic E-state index is 0.786. The fourth-order valence-electron chi connectivity index (χ4n) is 4.35. The molecule has 2 fully saturated rings. The van der Waals surface area contributed by atoms with Crippen LogP contribution in [0.5, 0.6) is 0 Å². The van der Waals surface area contributed by atoms with Gasteiger partial charge in [0.15, 0.2) is 5.96 Å². The van der Waals surface area contributed by atoms with E-state index < -0.39 is 0 Å². The molecule has 2 saturated heterocycles. The smallest absolute Gasteiger partial charge is 0.225 e. The van der Waals surface area contributed by atoms with Gasteiger partial charge in [0.05, 0.1) is 0 Å². The third-order valence-corrected chi connectivity index (χ3v) is 5.74. The predicted octanol–water partition coefficient (Wildman–Crippen LogP) is 1.93. The molecular weight excluding hydrogens is 350 g/mol. The fraction of sp³-hybridized carbons (Fsp3) is 0.762. The van der Waals surface area contributed by atoms with Crippen molar-refractivity contribution in [2.45, 2.75) is 33.1 Å². The maximum atomic E-state index is 4.51. The lowest BCUT2D eigenvalue weighted by Gasteiger charge is -2.34. The van der Waals surface area contributed by atoms with Gasteiger partial charge in [0, 0.05) is 65.3 Å². The van der Waals surface area contributed by atoms with Crippen LogP contribution in [0.15, 0.2) is 23.5 Å². The summed E-state index contributed by atoms with van der Waals surface area (Å²) in [6.45, 7) is 13.2. The number of hydrogen-bond acceptors (Lipinski definition) is 5. The zero-order chi connectivity index (χ0) is 19.8. The second-order valence-electron chi connectivity index (χ2n) is 8.44. The number of piperazine rings is 1. The summed E-state index contributed by atoms with van der Waals surface area (Å²) in [6, 6.07) is 1.87. The predicted molar refractivity (Wildman–Crippen MR) is 116 cm³/mol. The number of likely N-dealkylation sites (tertiary alicyclic amines) is 1. The van der Waals surface area contributed by atoms with Crippen molar-refractivity contribution in [2.75, 3.05) is 64.3 Å². The van der Waals surface area contributed by atoms with Gasteiger partial charge in [-0.1, -0.05) is 13.8 Å². The molecule has 2 aliphatic heterocycles. The zero-order valence-corrected chi connectivity index (χ0v) is 17.8. The van der Waals surface area contributed by atoms with E-state index in [9.17, 15) is 0 Å². The molecule has 7 nitrogen and oxygen atoms in total. The van der Waals surface area contributed by atoms with E-state index in [1.807, 2.05) is 25.5 Å². The van der Waals surface area contributed by atoms with Crippen LogP contribution in [0, 0.1) is 11.8 Å². The fourth-order valence-corrected chi connectivity index (χ4v) is 4.35. The van der Waals surface area contributed by atoms with Crippen molar-refractivity contribution in [1.82, 2.24) is 25.1 Å². The van der Waals surface area contributed by atoms with Crippen molar-refractivity contribution in [3.8, 4) is 0 Å². The van der Waals surface area contributed by atoms with E-state index in [1.54, 1.807) is 0 Å². The van der Waals surface area contributed by atoms with Crippen LogP contribution in [0.3, 0.4) is 0 Å². The first-order valence-corrected chi connectivity index (χ1v) is 10.9. The number of anilines is 1. The van der Waals surface area contributed by atoms with Crippen LogP contribution >= 0.6 is 0 Å². The highest BCUT2D eigenvalue weighted by molar-refractivity contribution is 5.80. The molecule has 0 aliphatic carbocycles. The van der Waals surface area contributed by atoms with E-state index in [0.717, 1.165) is 82.5 Å². The monoisotopic (exact) mass is 387 g/mol. The SMILES string of the molecule is CN=C(NCCCN1CCN(c2ncccn2)CC1)N1CCC(CC(C)C)C1. The van der Waals surface area contributed by atoms with Crippen LogP contribution < -0.4 is 10.2 Å². The molecule has 2 aliphatic rings. The number of aromatic nitrogens is 2. The molecule has 1 unspecified atom stereocenters. The molecule has 3 heterocycles. The van der Waals surface area contributed by atoms with E-state index >= 15 is 0 Å². The van der Waals surface area contributed by atoms with Crippen LogP contribution in [0.4, 0.5) is 5.95 Å². The Balaban J connectivity index is 1.31. The lowest BCUT2D eigenvalue weighted by Crippen LogP contribution is -2.47. The Hall–Kier alpha value is -1.89. The van der Waals surface area contributed by atoms with Gasteiger partial charge in [-0.3, -0.25) is 9.89 Å². The topological polar surface area (TPSA) is 59.9 Å². The average Bonchev–Trinajstić information content (AvgIpc) is 3.16. The maximum absolute atomic E-state index is 4.51. The van der Waals surface area contributed by atoms with Crippen molar-refractivity contribution in [2.24, 2.45) is 16.8 Å². The quantitative estimate of drug-likeness (QED) is 0.438. The summed E-state index contributed by atoms with van der Waals surface area (Å²) >= 11 is 0. The molecule has 1 atom stereocenters. The van der Waals surface area contributed by atoms with Gasteiger partial charge >= 0.3 is 0 Å².